The predicted molar refractivity (Wildman–Crippen MR) is 165 cm³/mol. The molecule has 0 bridgehead atoms. The number of piperazine rings is 1. The zero-order chi connectivity index (χ0) is 36.0. The van der Waals surface area contributed by atoms with E-state index in [-0.39, 0.29) is 24.8 Å². The van der Waals surface area contributed by atoms with Crippen molar-refractivity contribution in [3.05, 3.63) is 65.2 Å². The minimum absolute atomic E-state index is 0.00207. The van der Waals surface area contributed by atoms with Gasteiger partial charge in [-0.25, -0.2) is 4.79 Å². The second-order valence-electron chi connectivity index (χ2n) is 12.5. The van der Waals surface area contributed by atoms with E-state index in [9.17, 15) is 45.8 Å². The molecule has 4 amide bonds. The number of amides is 4. The molecule has 0 aliphatic carbocycles. The van der Waals surface area contributed by atoms with E-state index in [1.54, 1.807) is 43.0 Å². The lowest BCUT2D eigenvalue weighted by Crippen LogP contribution is -2.60. The van der Waals surface area contributed by atoms with Crippen molar-refractivity contribution in [2.24, 2.45) is 0 Å². The minimum Gasteiger partial charge on any atom is -0.491 e. The molecule has 0 aromatic heterocycles. The average molecular weight is 685 g/mol. The molecule has 2 aromatic carbocycles. The summed E-state index contributed by atoms with van der Waals surface area (Å²) in [4.78, 5) is 44.1. The normalized spacial score (nSPS) is 22.6. The van der Waals surface area contributed by atoms with Crippen molar-refractivity contribution in [2.45, 2.75) is 83.2 Å². The summed E-state index contributed by atoms with van der Waals surface area (Å²) >= 11 is 0. The quantitative estimate of drug-likeness (QED) is 0.273. The number of imide groups is 1. The van der Waals surface area contributed by atoms with Crippen LogP contribution in [0.4, 0.5) is 36.8 Å². The maximum Gasteiger partial charge on any atom is 0.430 e. The average Bonchev–Trinajstić information content (AvgIpc) is 3.20. The molecule has 3 atom stereocenters. The van der Waals surface area contributed by atoms with Crippen LogP contribution in [0.5, 0.6) is 5.75 Å². The van der Waals surface area contributed by atoms with Crippen LogP contribution in [-0.4, -0.2) is 82.9 Å². The largest absolute Gasteiger partial charge is 0.491 e. The van der Waals surface area contributed by atoms with Crippen LogP contribution in [0.3, 0.4) is 0 Å². The van der Waals surface area contributed by atoms with E-state index in [2.05, 4.69) is 5.32 Å². The van der Waals surface area contributed by atoms with Crippen LogP contribution in [-0.2, 0) is 20.7 Å². The van der Waals surface area contributed by atoms with Crippen LogP contribution in [0.2, 0.25) is 0 Å². The summed E-state index contributed by atoms with van der Waals surface area (Å²) in [6.45, 7) is 9.83. The molecule has 9 nitrogen and oxygen atoms in total. The molecule has 1 unspecified atom stereocenters. The van der Waals surface area contributed by atoms with E-state index in [4.69, 9.17) is 4.74 Å². The lowest BCUT2D eigenvalue weighted by atomic mass is 9.89. The number of anilines is 1. The van der Waals surface area contributed by atoms with Crippen molar-refractivity contribution in [2.75, 3.05) is 24.5 Å². The standard InChI is InChI=1S/C33H38F6N4O5/c1-7-9-22-14-24(31(47,32(34,35)36)33(37,38)39)12-13-26(22)41-16-21(5)42(17-20(41)4)27(44)18-43-28(45)30(6,40-29(43)46)23-10-8-11-25(15-23)48-19(2)3/h7-15,19-21,47H,16-18H2,1-6H3,(H,40,46)/b9-7-/t20-,21+,30?/m0/s1. The fourth-order valence-corrected chi connectivity index (χ4v) is 6.07. The molecular weight excluding hydrogens is 646 g/mol. The highest BCUT2D eigenvalue weighted by molar-refractivity contribution is 6.09. The van der Waals surface area contributed by atoms with Gasteiger partial charge in [0.15, 0.2) is 0 Å². The first kappa shape index (κ1) is 36.6. The van der Waals surface area contributed by atoms with Gasteiger partial charge < -0.3 is 25.0 Å². The van der Waals surface area contributed by atoms with Crippen molar-refractivity contribution in [1.82, 2.24) is 15.1 Å². The van der Waals surface area contributed by atoms with Gasteiger partial charge in [-0.2, -0.15) is 26.3 Å². The first-order chi connectivity index (χ1) is 22.1. The van der Waals surface area contributed by atoms with Gasteiger partial charge in [-0.1, -0.05) is 30.4 Å². The fourth-order valence-electron chi connectivity index (χ4n) is 6.07. The molecular formula is C33H38F6N4O5. The summed E-state index contributed by atoms with van der Waals surface area (Å²) in [5.41, 5.74) is -7.15. The maximum atomic E-state index is 13.6. The van der Waals surface area contributed by atoms with Gasteiger partial charge in [-0.05, 0) is 76.9 Å². The molecule has 0 saturated carbocycles. The van der Waals surface area contributed by atoms with Crippen LogP contribution in [0.15, 0.2) is 48.5 Å². The Morgan fingerprint density at radius 2 is 1.69 bits per heavy atom. The molecule has 2 aliphatic rings. The number of hydrogen-bond donors (Lipinski definition) is 2. The van der Waals surface area contributed by atoms with E-state index in [0.717, 1.165) is 11.0 Å². The Bertz CT molecular complexity index is 1580. The monoisotopic (exact) mass is 684 g/mol. The minimum atomic E-state index is -6.04. The van der Waals surface area contributed by atoms with Gasteiger partial charge in [0.25, 0.3) is 11.5 Å². The van der Waals surface area contributed by atoms with Crippen molar-refractivity contribution in [1.29, 1.82) is 0 Å². The van der Waals surface area contributed by atoms with Gasteiger partial charge in [0.05, 0.1) is 6.10 Å². The first-order valence-electron chi connectivity index (χ1n) is 15.3. The molecule has 2 heterocycles. The van der Waals surface area contributed by atoms with Crippen LogP contribution < -0.4 is 15.0 Å². The predicted octanol–water partition coefficient (Wildman–Crippen LogP) is 5.71. The highest BCUT2D eigenvalue weighted by Crippen LogP contribution is 2.50. The third-order valence-electron chi connectivity index (χ3n) is 8.58. The molecule has 2 fully saturated rings. The van der Waals surface area contributed by atoms with Gasteiger partial charge in [-0.15, -0.1) is 0 Å². The summed E-state index contributed by atoms with van der Waals surface area (Å²) in [5, 5.41) is 12.6. The van der Waals surface area contributed by atoms with Crippen LogP contribution in [0.25, 0.3) is 6.08 Å². The lowest BCUT2D eigenvalue weighted by Gasteiger charge is -2.46. The van der Waals surface area contributed by atoms with Crippen molar-refractivity contribution in [3.63, 3.8) is 0 Å². The number of rotatable bonds is 8. The molecule has 2 saturated heterocycles. The van der Waals surface area contributed by atoms with Gasteiger partial charge >= 0.3 is 18.4 Å². The molecule has 2 aliphatic heterocycles. The summed E-state index contributed by atoms with van der Waals surface area (Å²) < 4.78 is 87.2. The van der Waals surface area contributed by atoms with Gasteiger partial charge in [0.2, 0.25) is 5.91 Å². The molecule has 0 spiro atoms. The molecule has 262 valence electrons. The Morgan fingerprint density at radius 1 is 1.04 bits per heavy atom. The highest BCUT2D eigenvalue weighted by Gasteiger charge is 2.71. The summed E-state index contributed by atoms with van der Waals surface area (Å²) in [6.07, 6.45) is -9.43. The van der Waals surface area contributed by atoms with E-state index in [1.165, 1.54) is 30.9 Å². The number of halogens is 6. The van der Waals surface area contributed by atoms with Crippen molar-refractivity contribution < 1.29 is 50.6 Å². The topological polar surface area (TPSA) is 102 Å². The second kappa shape index (κ2) is 13.0. The Hall–Kier alpha value is -4.27. The Kier molecular flexibility index (Phi) is 9.88. The van der Waals surface area contributed by atoms with Gasteiger partial charge in [-0.3, -0.25) is 14.5 Å². The highest BCUT2D eigenvalue weighted by atomic mass is 19.4. The molecule has 2 aromatic rings. The SMILES string of the molecule is C/C=C\c1cc(C(O)(C(F)(F)F)C(F)(F)F)ccc1N1C[C@@H](C)N(C(=O)CN2C(=O)NC(C)(c3cccc(OC(C)C)c3)C2=O)C[C@@H]1C. The number of aliphatic hydroxyl groups is 1. The molecule has 0 radical (unpaired) electrons. The summed E-state index contributed by atoms with van der Waals surface area (Å²) in [6, 6.07) is 7.29. The number of carbonyl (C=O) groups excluding carboxylic acids is 3. The first-order valence-corrected chi connectivity index (χ1v) is 15.3. The van der Waals surface area contributed by atoms with Gasteiger partial charge in [0, 0.05) is 36.4 Å². The molecule has 4 rings (SSSR count). The number of urea groups is 1. The van der Waals surface area contributed by atoms with Crippen molar-refractivity contribution in [3.8, 4) is 5.75 Å². The number of carbonyl (C=O) groups is 3. The van der Waals surface area contributed by atoms with Gasteiger partial charge in [0.1, 0.15) is 17.8 Å². The van der Waals surface area contributed by atoms with E-state index in [1.807, 2.05) is 13.8 Å². The second-order valence-corrected chi connectivity index (χ2v) is 12.5. The zero-order valence-electron chi connectivity index (χ0n) is 27.2. The number of alkyl halides is 6. The Balaban J connectivity index is 1.54. The fraction of sp³-hybridized carbons (Fsp3) is 0.485. The molecule has 15 heteroatoms. The number of hydrogen-bond acceptors (Lipinski definition) is 6. The van der Waals surface area contributed by atoms with Crippen LogP contribution >= 0.6 is 0 Å². The maximum absolute atomic E-state index is 13.6. The number of benzene rings is 2. The Morgan fingerprint density at radius 3 is 2.27 bits per heavy atom. The zero-order valence-corrected chi connectivity index (χ0v) is 27.2. The third-order valence-corrected chi connectivity index (χ3v) is 8.58. The Labute approximate surface area is 274 Å². The molecule has 2 N–H and O–H groups in total. The number of nitrogens with zero attached hydrogens (tertiary/aromatic N) is 3. The van der Waals surface area contributed by atoms with Crippen LogP contribution in [0, 0.1) is 0 Å². The number of nitrogens with one attached hydrogen (secondary N) is 1. The van der Waals surface area contributed by atoms with E-state index in [0.29, 0.717) is 29.1 Å². The van der Waals surface area contributed by atoms with Crippen molar-refractivity contribution >= 4 is 29.6 Å². The smallest absolute Gasteiger partial charge is 0.430 e. The summed E-state index contributed by atoms with van der Waals surface area (Å²) in [7, 11) is 0. The number of allylic oxidation sites excluding steroid dienone is 1. The summed E-state index contributed by atoms with van der Waals surface area (Å²) in [5.74, 6) is -0.650. The third kappa shape index (κ3) is 6.56. The lowest BCUT2D eigenvalue weighted by molar-refractivity contribution is -0.376. The van der Waals surface area contributed by atoms with Crippen LogP contribution in [0.1, 0.15) is 58.2 Å². The van der Waals surface area contributed by atoms with E-state index < -0.39 is 65.5 Å². The van der Waals surface area contributed by atoms with E-state index >= 15 is 0 Å². The molecule has 48 heavy (non-hydrogen) atoms. The number of ether oxygens (including phenoxy) is 1.